The molecular weight excluding hydrogens is 427 g/mol. The van der Waals surface area contributed by atoms with Crippen molar-refractivity contribution in [3.8, 4) is 17.2 Å². The van der Waals surface area contributed by atoms with Crippen LogP contribution in [0.15, 0.2) is 24.3 Å². The third-order valence-electron chi connectivity index (χ3n) is 4.51. The molecule has 2 N–H and O–H groups in total. The average Bonchev–Trinajstić information content (AvgIpc) is 3.15. The summed E-state index contributed by atoms with van der Waals surface area (Å²) in [6.07, 6.45) is -2.96. The first kappa shape index (κ1) is 21.8. The van der Waals surface area contributed by atoms with Crippen LogP contribution in [0.3, 0.4) is 0 Å². The van der Waals surface area contributed by atoms with Crippen molar-refractivity contribution in [3.63, 3.8) is 0 Å². The van der Waals surface area contributed by atoms with E-state index in [-0.39, 0.29) is 23.1 Å². The lowest BCUT2D eigenvalue weighted by atomic mass is 10.1. The standard InChI is InChI=1S/C20H17ClF3NO5/c1-2-29-19(28)18(27)25-15-9-14(21)17(12-5-3-4-11(12)15)30-10-6-7-16(26)13(8-10)20(22,23)24/h6-9,26H,2-5H2,1H3,(H,25,27). The first-order valence-corrected chi connectivity index (χ1v) is 9.40. The number of anilines is 1. The van der Waals surface area contributed by atoms with E-state index in [1.807, 2.05) is 0 Å². The van der Waals surface area contributed by atoms with Crippen molar-refractivity contribution in [2.75, 3.05) is 11.9 Å². The molecule has 0 atom stereocenters. The lowest BCUT2D eigenvalue weighted by molar-refractivity contribution is -0.152. The van der Waals surface area contributed by atoms with Crippen LogP contribution >= 0.6 is 11.6 Å². The zero-order valence-electron chi connectivity index (χ0n) is 15.7. The molecule has 30 heavy (non-hydrogen) atoms. The van der Waals surface area contributed by atoms with E-state index in [1.165, 1.54) is 12.1 Å². The first-order valence-electron chi connectivity index (χ1n) is 9.02. The van der Waals surface area contributed by atoms with Crippen LogP contribution in [0.25, 0.3) is 0 Å². The molecule has 0 saturated carbocycles. The van der Waals surface area contributed by atoms with E-state index < -0.39 is 29.4 Å². The molecule has 1 aliphatic carbocycles. The van der Waals surface area contributed by atoms with E-state index in [9.17, 15) is 27.9 Å². The number of carbonyl (C=O) groups excluding carboxylic acids is 2. The number of carbonyl (C=O) groups is 2. The smallest absolute Gasteiger partial charge is 0.420 e. The maximum atomic E-state index is 13.0. The Hall–Kier alpha value is -2.94. The minimum Gasteiger partial charge on any atom is -0.507 e. The molecule has 0 aromatic heterocycles. The van der Waals surface area contributed by atoms with Gasteiger partial charge in [-0.25, -0.2) is 4.79 Å². The summed E-state index contributed by atoms with van der Waals surface area (Å²) in [7, 11) is 0. The Morgan fingerprint density at radius 3 is 2.57 bits per heavy atom. The average molecular weight is 444 g/mol. The van der Waals surface area contributed by atoms with E-state index in [1.54, 1.807) is 6.92 Å². The Morgan fingerprint density at radius 2 is 1.90 bits per heavy atom. The topological polar surface area (TPSA) is 84.9 Å². The van der Waals surface area contributed by atoms with Crippen molar-refractivity contribution in [1.29, 1.82) is 0 Å². The number of esters is 1. The van der Waals surface area contributed by atoms with Gasteiger partial charge in [-0.1, -0.05) is 11.6 Å². The molecule has 1 amide bonds. The predicted octanol–water partition coefficient (Wildman–Crippen LogP) is 4.85. The summed E-state index contributed by atoms with van der Waals surface area (Å²) in [6, 6.07) is 4.14. The molecule has 3 rings (SSSR count). The van der Waals surface area contributed by atoms with Gasteiger partial charge < -0.3 is 19.9 Å². The van der Waals surface area contributed by atoms with Gasteiger partial charge in [0, 0.05) is 11.3 Å². The molecule has 2 aromatic rings. The van der Waals surface area contributed by atoms with E-state index >= 15 is 0 Å². The van der Waals surface area contributed by atoms with Crippen LogP contribution in [0.2, 0.25) is 5.02 Å². The highest BCUT2D eigenvalue weighted by atomic mass is 35.5. The molecule has 0 unspecified atom stereocenters. The molecule has 0 saturated heterocycles. The normalized spacial score (nSPS) is 13.0. The summed E-state index contributed by atoms with van der Waals surface area (Å²) in [5, 5.41) is 12.0. The number of phenolic OH excluding ortho intramolecular Hbond substituents is 1. The number of alkyl halides is 3. The second kappa shape index (κ2) is 8.43. The van der Waals surface area contributed by atoms with Crippen LogP contribution in [-0.2, 0) is 33.3 Å². The summed E-state index contributed by atoms with van der Waals surface area (Å²) >= 11 is 6.28. The van der Waals surface area contributed by atoms with Crippen molar-refractivity contribution in [2.45, 2.75) is 32.4 Å². The summed E-state index contributed by atoms with van der Waals surface area (Å²) < 4.78 is 49.4. The van der Waals surface area contributed by atoms with Gasteiger partial charge in [-0.2, -0.15) is 13.2 Å². The maximum absolute atomic E-state index is 13.0. The molecule has 0 bridgehead atoms. The van der Waals surface area contributed by atoms with Gasteiger partial charge in [0.05, 0.1) is 11.6 Å². The van der Waals surface area contributed by atoms with Crippen molar-refractivity contribution >= 4 is 29.2 Å². The lowest BCUT2D eigenvalue weighted by Crippen LogP contribution is -2.25. The SMILES string of the molecule is CCOC(=O)C(=O)Nc1cc(Cl)c(Oc2ccc(O)c(C(F)(F)F)c2)c2c1CCC2. The van der Waals surface area contributed by atoms with Crippen LogP contribution < -0.4 is 10.1 Å². The summed E-state index contributed by atoms with van der Waals surface area (Å²) in [6.45, 7) is 1.61. The number of hydrogen-bond donors (Lipinski definition) is 2. The molecule has 0 aliphatic heterocycles. The quantitative estimate of drug-likeness (QED) is 0.521. The van der Waals surface area contributed by atoms with Crippen LogP contribution in [0.4, 0.5) is 18.9 Å². The number of rotatable bonds is 4. The molecule has 0 spiro atoms. The second-order valence-electron chi connectivity index (χ2n) is 6.50. The molecule has 6 nitrogen and oxygen atoms in total. The number of halogens is 4. The molecule has 1 aliphatic rings. The van der Waals surface area contributed by atoms with Gasteiger partial charge in [-0.05, 0) is 56.0 Å². The van der Waals surface area contributed by atoms with Gasteiger partial charge in [0.2, 0.25) is 0 Å². The molecule has 160 valence electrons. The van der Waals surface area contributed by atoms with E-state index in [0.29, 0.717) is 42.1 Å². The van der Waals surface area contributed by atoms with E-state index in [0.717, 1.165) is 6.07 Å². The summed E-state index contributed by atoms with van der Waals surface area (Å²) in [4.78, 5) is 23.5. The maximum Gasteiger partial charge on any atom is 0.420 e. The highest BCUT2D eigenvalue weighted by molar-refractivity contribution is 6.38. The Bertz CT molecular complexity index is 1010. The Labute approximate surface area is 174 Å². The minimum atomic E-state index is -4.75. The van der Waals surface area contributed by atoms with Crippen molar-refractivity contribution in [2.24, 2.45) is 0 Å². The second-order valence-corrected chi connectivity index (χ2v) is 6.91. The highest BCUT2D eigenvalue weighted by Gasteiger charge is 2.34. The number of fused-ring (bicyclic) bond motifs is 1. The number of amides is 1. The monoisotopic (exact) mass is 443 g/mol. The summed E-state index contributed by atoms with van der Waals surface area (Å²) in [5.41, 5.74) is 0.399. The van der Waals surface area contributed by atoms with Crippen molar-refractivity contribution in [1.82, 2.24) is 0 Å². The zero-order chi connectivity index (χ0) is 22.1. The highest BCUT2D eigenvalue weighted by Crippen LogP contribution is 2.44. The molecule has 10 heteroatoms. The van der Waals surface area contributed by atoms with Crippen LogP contribution in [0.1, 0.15) is 30.0 Å². The summed E-state index contributed by atoms with van der Waals surface area (Å²) in [5.74, 6) is -2.90. The number of ether oxygens (including phenoxy) is 2. The van der Waals surface area contributed by atoms with Gasteiger partial charge in [0.15, 0.2) is 0 Å². The fraction of sp³-hybridized carbons (Fsp3) is 0.300. The van der Waals surface area contributed by atoms with Gasteiger partial charge >= 0.3 is 18.1 Å². The van der Waals surface area contributed by atoms with Gasteiger partial charge in [-0.15, -0.1) is 0 Å². The molecule has 0 fully saturated rings. The predicted molar refractivity (Wildman–Crippen MR) is 102 cm³/mol. The van der Waals surface area contributed by atoms with Crippen LogP contribution in [0.5, 0.6) is 17.2 Å². The molecule has 0 radical (unpaired) electrons. The Balaban J connectivity index is 1.94. The van der Waals surface area contributed by atoms with E-state index in [2.05, 4.69) is 10.1 Å². The van der Waals surface area contributed by atoms with Crippen LogP contribution in [0, 0.1) is 0 Å². The minimum absolute atomic E-state index is 0.0461. The lowest BCUT2D eigenvalue weighted by Gasteiger charge is -2.17. The van der Waals surface area contributed by atoms with E-state index in [4.69, 9.17) is 16.3 Å². The molecular formula is C20H17ClF3NO5. The molecule has 0 heterocycles. The van der Waals surface area contributed by atoms with Crippen molar-refractivity contribution in [3.05, 3.63) is 46.0 Å². The molecule has 2 aromatic carbocycles. The van der Waals surface area contributed by atoms with Crippen LogP contribution in [-0.4, -0.2) is 23.6 Å². The first-order chi connectivity index (χ1) is 14.1. The third kappa shape index (κ3) is 4.46. The fourth-order valence-electron chi connectivity index (χ4n) is 3.23. The number of hydrogen-bond acceptors (Lipinski definition) is 5. The van der Waals surface area contributed by atoms with Crippen molar-refractivity contribution < 1.29 is 37.3 Å². The number of aromatic hydroxyl groups is 1. The Morgan fingerprint density at radius 1 is 1.20 bits per heavy atom. The fourth-order valence-corrected chi connectivity index (χ4v) is 3.49. The number of nitrogens with one attached hydrogen (secondary N) is 1. The van der Waals surface area contributed by atoms with Gasteiger partial charge in [-0.3, -0.25) is 4.79 Å². The third-order valence-corrected chi connectivity index (χ3v) is 4.79. The van der Waals surface area contributed by atoms with Gasteiger partial charge in [0.25, 0.3) is 0 Å². The largest absolute Gasteiger partial charge is 0.507 e. The Kier molecular flexibility index (Phi) is 6.12. The number of phenols is 1. The zero-order valence-corrected chi connectivity index (χ0v) is 16.5. The van der Waals surface area contributed by atoms with Gasteiger partial charge in [0.1, 0.15) is 22.8 Å². The number of benzene rings is 2.